The van der Waals surface area contributed by atoms with Gasteiger partial charge < -0.3 is 4.90 Å². The van der Waals surface area contributed by atoms with E-state index in [1.54, 1.807) is 0 Å². The van der Waals surface area contributed by atoms with Gasteiger partial charge in [-0.15, -0.1) is 0 Å². The van der Waals surface area contributed by atoms with E-state index >= 15 is 0 Å². The first-order chi connectivity index (χ1) is 11.4. The molecule has 1 aliphatic rings. The van der Waals surface area contributed by atoms with E-state index < -0.39 is 0 Å². The summed E-state index contributed by atoms with van der Waals surface area (Å²) in [6.07, 6.45) is 5.35. The molecular formula is C21H27N3. The molecule has 3 heteroatoms. The summed E-state index contributed by atoms with van der Waals surface area (Å²) in [5.74, 6) is 0.956. The van der Waals surface area contributed by atoms with Crippen LogP contribution in [-0.4, -0.2) is 12.0 Å². The SMILES string of the molecule is C=C1N(C)c2ccccc2N1c1ccc(CCC(C)(C)CC)nc1. The van der Waals surface area contributed by atoms with Crippen molar-refractivity contribution in [1.82, 2.24) is 4.98 Å². The third-order valence-corrected chi connectivity index (χ3v) is 5.21. The van der Waals surface area contributed by atoms with Gasteiger partial charge in [0.1, 0.15) is 5.82 Å². The van der Waals surface area contributed by atoms with Gasteiger partial charge in [0.05, 0.1) is 23.3 Å². The molecule has 0 amide bonds. The molecule has 0 radical (unpaired) electrons. The van der Waals surface area contributed by atoms with Gasteiger partial charge in [-0.1, -0.05) is 45.9 Å². The van der Waals surface area contributed by atoms with E-state index in [9.17, 15) is 0 Å². The van der Waals surface area contributed by atoms with E-state index in [-0.39, 0.29) is 0 Å². The Hall–Kier alpha value is -2.29. The molecule has 0 bridgehead atoms. The average Bonchev–Trinajstić information content (AvgIpc) is 2.85. The van der Waals surface area contributed by atoms with Crippen LogP contribution in [0.2, 0.25) is 0 Å². The van der Waals surface area contributed by atoms with Gasteiger partial charge in [-0.05, 0) is 42.5 Å². The van der Waals surface area contributed by atoms with Gasteiger partial charge in [-0.3, -0.25) is 9.88 Å². The summed E-state index contributed by atoms with van der Waals surface area (Å²) in [5.41, 5.74) is 4.94. The first-order valence-corrected chi connectivity index (χ1v) is 8.70. The number of fused-ring (bicyclic) bond motifs is 1. The molecule has 126 valence electrons. The van der Waals surface area contributed by atoms with E-state index in [1.165, 1.54) is 12.1 Å². The summed E-state index contributed by atoms with van der Waals surface area (Å²) in [6, 6.07) is 12.7. The first kappa shape index (κ1) is 16.6. The van der Waals surface area contributed by atoms with Crippen molar-refractivity contribution in [2.75, 3.05) is 16.8 Å². The Balaban J connectivity index is 1.80. The summed E-state index contributed by atoms with van der Waals surface area (Å²) in [6.45, 7) is 11.1. The van der Waals surface area contributed by atoms with Gasteiger partial charge in [0.15, 0.2) is 0 Å². The molecule has 0 saturated heterocycles. The summed E-state index contributed by atoms with van der Waals surface area (Å²) < 4.78 is 0. The standard InChI is InChI=1S/C21H27N3/c1-6-21(3,4)14-13-17-11-12-18(15-22-17)24-16(2)23(5)19-9-7-8-10-20(19)24/h7-12,15H,2,6,13-14H2,1,3-5H3. The summed E-state index contributed by atoms with van der Waals surface area (Å²) in [5, 5.41) is 0. The molecular weight excluding hydrogens is 294 g/mol. The van der Waals surface area contributed by atoms with E-state index in [0.29, 0.717) is 5.41 Å². The minimum atomic E-state index is 0.380. The highest BCUT2D eigenvalue weighted by Gasteiger charge is 2.28. The van der Waals surface area contributed by atoms with Crippen LogP contribution in [0.25, 0.3) is 0 Å². The zero-order valence-corrected chi connectivity index (χ0v) is 15.2. The Morgan fingerprint density at radius 2 is 1.79 bits per heavy atom. The number of benzene rings is 1. The molecule has 3 nitrogen and oxygen atoms in total. The minimum absolute atomic E-state index is 0.380. The largest absolute Gasteiger partial charge is 0.329 e. The molecule has 0 spiro atoms. The van der Waals surface area contributed by atoms with Crippen LogP contribution in [0.4, 0.5) is 17.1 Å². The predicted octanol–water partition coefficient (Wildman–Crippen LogP) is 5.51. The van der Waals surface area contributed by atoms with Gasteiger partial charge in [0.25, 0.3) is 0 Å². The highest BCUT2D eigenvalue weighted by molar-refractivity contribution is 5.87. The van der Waals surface area contributed by atoms with Gasteiger partial charge in [-0.2, -0.15) is 0 Å². The molecule has 0 fully saturated rings. The predicted molar refractivity (Wildman–Crippen MR) is 103 cm³/mol. The third kappa shape index (κ3) is 3.03. The monoisotopic (exact) mass is 321 g/mol. The molecule has 24 heavy (non-hydrogen) atoms. The second-order valence-corrected chi connectivity index (χ2v) is 7.32. The van der Waals surface area contributed by atoms with Crippen LogP contribution in [0.1, 0.15) is 39.3 Å². The van der Waals surface area contributed by atoms with Crippen molar-refractivity contribution in [3.63, 3.8) is 0 Å². The highest BCUT2D eigenvalue weighted by Crippen LogP contribution is 2.44. The van der Waals surface area contributed by atoms with Crippen LogP contribution in [-0.2, 0) is 6.42 Å². The molecule has 0 aliphatic carbocycles. The molecule has 2 heterocycles. The second-order valence-electron chi connectivity index (χ2n) is 7.32. The third-order valence-electron chi connectivity index (χ3n) is 5.21. The zero-order valence-electron chi connectivity index (χ0n) is 15.2. The summed E-state index contributed by atoms with van der Waals surface area (Å²) in [4.78, 5) is 8.98. The van der Waals surface area contributed by atoms with Crippen molar-refractivity contribution >= 4 is 17.1 Å². The first-order valence-electron chi connectivity index (χ1n) is 8.70. The fourth-order valence-corrected chi connectivity index (χ4v) is 2.99. The molecule has 3 rings (SSSR count). The van der Waals surface area contributed by atoms with Crippen molar-refractivity contribution < 1.29 is 0 Å². The Morgan fingerprint density at radius 3 is 2.42 bits per heavy atom. The maximum absolute atomic E-state index is 4.69. The lowest BCUT2D eigenvalue weighted by atomic mass is 9.85. The Morgan fingerprint density at radius 1 is 1.08 bits per heavy atom. The molecule has 0 saturated carbocycles. The van der Waals surface area contributed by atoms with Crippen molar-refractivity contribution in [2.24, 2.45) is 5.41 Å². The van der Waals surface area contributed by atoms with Crippen molar-refractivity contribution in [1.29, 1.82) is 0 Å². The normalized spacial score (nSPS) is 14.2. The molecule has 1 aromatic heterocycles. The van der Waals surface area contributed by atoms with Crippen LogP contribution in [0, 0.1) is 5.41 Å². The lowest BCUT2D eigenvalue weighted by Gasteiger charge is -2.23. The Bertz CT molecular complexity index is 731. The van der Waals surface area contributed by atoms with Gasteiger partial charge in [0.2, 0.25) is 0 Å². The van der Waals surface area contributed by atoms with Gasteiger partial charge >= 0.3 is 0 Å². The molecule has 1 aromatic carbocycles. The lowest BCUT2D eigenvalue weighted by molar-refractivity contribution is 0.321. The number of pyridine rings is 1. The maximum atomic E-state index is 4.69. The van der Waals surface area contributed by atoms with Gasteiger partial charge in [0, 0.05) is 12.7 Å². The number of hydrogen-bond donors (Lipinski definition) is 0. The van der Waals surface area contributed by atoms with Crippen molar-refractivity contribution in [3.8, 4) is 0 Å². The lowest BCUT2D eigenvalue weighted by Crippen LogP contribution is -2.20. The molecule has 1 aliphatic heterocycles. The minimum Gasteiger partial charge on any atom is -0.329 e. The molecule has 0 atom stereocenters. The quantitative estimate of drug-likeness (QED) is 0.724. The van der Waals surface area contributed by atoms with E-state index in [2.05, 4.69) is 80.6 Å². The molecule has 0 unspecified atom stereocenters. The fourth-order valence-electron chi connectivity index (χ4n) is 2.99. The Labute approximate surface area is 145 Å². The van der Waals surface area contributed by atoms with Crippen LogP contribution >= 0.6 is 0 Å². The summed E-state index contributed by atoms with van der Waals surface area (Å²) in [7, 11) is 2.05. The van der Waals surface area contributed by atoms with Gasteiger partial charge in [-0.25, -0.2) is 0 Å². The number of hydrogen-bond acceptors (Lipinski definition) is 3. The van der Waals surface area contributed by atoms with Crippen LogP contribution in [0.15, 0.2) is 55.0 Å². The highest BCUT2D eigenvalue weighted by atomic mass is 15.4. The van der Waals surface area contributed by atoms with Crippen LogP contribution in [0.5, 0.6) is 0 Å². The second kappa shape index (κ2) is 6.31. The number of para-hydroxylation sites is 2. The van der Waals surface area contributed by atoms with Crippen LogP contribution < -0.4 is 9.80 Å². The topological polar surface area (TPSA) is 19.4 Å². The number of aromatic nitrogens is 1. The van der Waals surface area contributed by atoms with E-state index in [1.807, 2.05) is 6.20 Å². The number of rotatable bonds is 5. The summed E-state index contributed by atoms with van der Waals surface area (Å²) >= 11 is 0. The number of nitrogens with zero attached hydrogens (tertiary/aromatic N) is 3. The molecule has 0 N–H and O–H groups in total. The zero-order chi connectivity index (χ0) is 17.3. The number of anilines is 3. The number of aryl methyl sites for hydroxylation is 1. The van der Waals surface area contributed by atoms with Crippen LogP contribution in [0.3, 0.4) is 0 Å². The van der Waals surface area contributed by atoms with Crippen molar-refractivity contribution in [2.45, 2.75) is 40.0 Å². The molecule has 2 aromatic rings. The smallest absolute Gasteiger partial charge is 0.110 e. The van der Waals surface area contributed by atoms with E-state index in [4.69, 9.17) is 4.98 Å². The Kier molecular flexibility index (Phi) is 4.35. The maximum Gasteiger partial charge on any atom is 0.110 e. The average molecular weight is 321 g/mol. The van der Waals surface area contributed by atoms with Crippen molar-refractivity contribution in [3.05, 3.63) is 60.7 Å². The fraction of sp³-hybridized carbons (Fsp3) is 0.381. The van der Waals surface area contributed by atoms with E-state index in [0.717, 1.165) is 35.7 Å².